The maximum Gasteiger partial charge on any atom is 0.327 e. The number of anilines is 1. The van der Waals surface area contributed by atoms with E-state index in [2.05, 4.69) is 15.6 Å². The van der Waals surface area contributed by atoms with Crippen LogP contribution in [0.1, 0.15) is 35.8 Å². The van der Waals surface area contributed by atoms with Gasteiger partial charge in [0.1, 0.15) is 34.8 Å². The van der Waals surface area contributed by atoms with E-state index >= 15 is 0 Å². The Hall–Kier alpha value is -5.42. The molecule has 0 aliphatic carbocycles. The number of H-pyrrole nitrogens is 1. The molecule has 2 fully saturated rings. The van der Waals surface area contributed by atoms with E-state index < -0.39 is 81.5 Å². The topological polar surface area (TPSA) is 258 Å². The number of benzene rings is 2. The number of carbonyl (C=O) groups excluding carboxylic acids is 5. The molecule has 3 aromatic rings. The second kappa shape index (κ2) is 11.8. The number of hydrogen-bond acceptors (Lipinski definition) is 10. The molecule has 0 radical (unpaired) electrons. The van der Waals surface area contributed by atoms with Gasteiger partial charge < -0.3 is 42.2 Å². The third-order valence-corrected chi connectivity index (χ3v) is 9.21. The number of amides is 6. The second-order valence-electron chi connectivity index (χ2n) is 11.2. The SMILES string of the molecule is CC1(C)S[C@@H]2[C@H](N(C(=O)c3cc4cc(NC(=O)NCC(N)=O)ccc4[nH]c3=O)C(=O)C(N)c3ccc(O)cc3)C(=O)N2[C@H]1C(=O)O. The molecule has 17 heteroatoms. The van der Waals surface area contributed by atoms with Crippen molar-refractivity contribution in [1.29, 1.82) is 0 Å². The number of pyridine rings is 1. The molecule has 0 bridgehead atoms. The summed E-state index contributed by atoms with van der Waals surface area (Å²) in [6.07, 6.45) is 0. The number of carbonyl (C=O) groups is 6. The van der Waals surface area contributed by atoms with Crippen LogP contribution in [0, 0.1) is 0 Å². The number of β-lactam (4-membered cyclic amide) rings is 1. The molecule has 2 aliphatic rings. The summed E-state index contributed by atoms with van der Waals surface area (Å²) in [6, 6.07) is 5.83. The van der Waals surface area contributed by atoms with E-state index in [-0.39, 0.29) is 27.9 Å². The van der Waals surface area contributed by atoms with Crippen molar-refractivity contribution in [2.45, 2.75) is 42.1 Å². The minimum absolute atomic E-state index is 0.104. The number of aromatic nitrogens is 1. The van der Waals surface area contributed by atoms with E-state index in [1.165, 1.54) is 48.5 Å². The number of fused-ring (bicyclic) bond motifs is 2. The molecule has 0 spiro atoms. The van der Waals surface area contributed by atoms with E-state index in [0.717, 1.165) is 16.7 Å². The third-order valence-electron chi connectivity index (χ3n) is 7.66. The molecule has 240 valence electrons. The van der Waals surface area contributed by atoms with Crippen LogP contribution in [0.3, 0.4) is 0 Å². The standard InChI is InChI=1S/C29H29N7O9S/c1-29(2)21(27(43)44)36-25(42)20(26(36)46-29)35(24(41)19(31)12-3-6-15(37)7-4-12)23(40)16-10-13-9-14(5-8-17(13)34-22(16)39)33-28(45)32-11-18(30)38/h3-10,19-21,26,37H,11,31H2,1-2H3,(H2,30,38)(H,34,39)(H,43,44)(H2,32,33,45)/t19?,20-,21+,26-/m1/s1. The molecular weight excluding hydrogens is 622 g/mol. The van der Waals surface area contributed by atoms with Gasteiger partial charge in [-0.25, -0.2) is 9.59 Å². The highest BCUT2D eigenvalue weighted by molar-refractivity contribution is 8.01. The highest BCUT2D eigenvalue weighted by Gasteiger charge is 2.66. The Morgan fingerprint density at radius 1 is 1.09 bits per heavy atom. The zero-order valence-corrected chi connectivity index (χ0v) is 25.2. The molecular formula is C29H29N7O9S. The van der Waals surface area contributed by atoms with Crippen LogP contribution < -0.4 is 27.7 Å². The van der Waals surface area contributed by atoms with Gasteiger partial charge in [-0.3, -0.25) is 28.9 Å². The van der Waals surface area contributed by atoms with Gasteiger partial charge >= 0.3 is 12.0 Å². The van der Waals surface area contributed by atoms with E-state index in [9.17, 15) is 43.8 Å². The van der Waals surface area contributed by atoms with Gasteiger partial charge in [0.05, 0.1) is 6.54 Å². The molecule has 6 amide bonds. The van der Waals surface area contributed by atoms with Gasteiger partial charge in [0, 0.05) is 21.3 Å². The molecule has 0 saturated carbocycles. The van der Waals surface area contributed by atoms with Gasteiger partial charge in [-0.05, 0) is 55.8 Å². The Bertz CT molecular complexity index is 1860. The van der Waals surface area contributed by atoms with Crippen molar-refractivity contribution < 1.29 is 39.0 Å². The van der Waals surface area contributed by atoms with E-state index in [1.807, 2.05) is 0 Å². The van der Waals surface area contributed by atoms with Gasteiger partial charge in [0.25, 0.3) is 23.3 Å². The summed E-state index contributed by atoms with van der Waals surface area (Å²) in [4.78, 5) is 94.3. The van der Waals surface area contributed by atoms with E-state index in [0.29, 0.717) is 4.90 Å². The average molecular weight is 652 g/mol. The first kappa shape index (κ1) is 32.0. The Morgan fingerprint density at radius 3 is 2.39 bits per heavy atom. The lowest BCUT2D eigenvalue weighted by atomic mass is 9.94. The quantitative estimate of drug-likeness (QED) is 0.160. The molecule has 16 nitrogen and oxygen atoms in total. The number of nitrogens with zero attached hydrogens (tertiary/aromatic N) is 2. The number of urea groups is 1. The van der Waals surface area contributed by atoms with Gasteiger partial charge in [0.2, 0.25) is 5.91 Å². The molecule has 3 heterocycles. The van der Waals surface area contributed by atoms with Crippen molar-refractivity contribution in [3.05, 3.63) is 70.0 Å². The molecule has 1 unspecified atom stereocenters. The number of carboxylic acid groups (broad SMARTS) is 1. The minimum Gasteiger partial charge on any atom is -0.508 e. The Kier molecular flexibility index (Phi) is 8.22. The number of hydrogen-bond donors (Lipinski definition) is 7. The molecule has 4 atom stereocenters. The number of nitrogens with one attached hydrogen (secondary N) is 3. The van der Waals surface area contributed by atoms with Crippen molar-refractivity contribution >= 4 is 64.0 Å². The number of phenolic OH excluding ortho intramolecular Hbond substituents is 1. The molecule has 2 aliphatic heterocycles. The second-order valence-corrected chi connectivity index (χ2v) is 13.0. The number of primary amides is 1. The van der Waals surface area contributed by atoms with Crippen LogP contribution >= 0.6 is 11.8 Å². The number of aliphatic carboxylic acids is 1. The summed E-state index contributed by atoms with van der Waals surface area (Å²) in [5.74, 6) is -5.12. The van der Waals surface area contributed by atoms with Crippen LogP contribution in [0.25, 0.3) is 10.9 Å². The predicted molar refractivity (Wildman–Crippen MR) is 165 cm³/mol. The average Bonchev–Trinajstić information content (AvgIpc) is 3.25. The molecule has 9 N–H and O–H groups in total. The number of aromatic amines is 1. The summed E-state index contributed by atoms with van der Waals surface area (Å²) in [5, 5.41) is 23.6. The van der Waals surface area contributed by atoms with E-state index in [4.69, 9.17) is 11.5 Å². The van der Waals surface area contributed by atoms with Crippen molar-refractivity contribution in [3.8, 4) is 5.75 Å². The van der Waals surface area contributed by atoms with Crippen molar-refractivity contribution in [2.24, 2.45) is 11.5 Å². The first-order chi connectivity index (χ1) is 21.6. The lowest BCUT2D eigenvalue weighted by molar-refractivity contribution is -0.166. The highest BCUT2D eigenvalue weighted by Crippen LogP contribution is 2.52. The highest BCUT2D eigenvalue weighted by atomic mass is 32.2. The summed E-state index contributed by atoms with van der Waals surface area (Å²) >= 11 is 1.10. The fourth-order valence-corrected chi connectivity index (χ4v) is 7.16. The largest absolute Gasteiger partial charge is 0.508 e. The number of imide groups is 1. The zero-order valence-electron chi connectivity index (χ0n) is 24.3. The van der Waals surface area contributed by atoms with Crippen molar-refractivity contribution in [1.82, 2.24) is 20.1 Å². The van der Waals surface area contributed by atoms with Crippen LogP contribution in [0.2, 0.25) is 0 Å². The molecule has 5 rings (SSSR count). The van der Waals surface area contributed by atoms with E-state index in [1.54, 1.807) is 13.8 Å². The minimum atomic E-state index is -1.50. The summed E-state index contributed by atoms with van der Waals surface area (Å²) in [6.45, 7) is 2.84. The molecule has 1 aromatic heterocycles. The van der Waals surface area contributed by atoms with Gasteiger partial charge in [-0.1, -0.05) is 12.1 Å². The molecule has 2 saturated heterocycles. The van der Waals surface area contributed by atoms with Gasteiger partial charge in [-0.15, -0.1) is 11.8 Å². The van der Waals surface area contributed by atoms with Crippen LogP contribution in [-0.2, 0) is 19.2 Å². The lowest BCUT2D eigenvalue weighted by Gasteiger charge is -2.47. The van der Waals surface area contributed by atoms with Crippen LogP contribution in [0.5, 0.6) is 5.75 Å². The Balaban J connectivity index is 1.54. The summed E-state index contributed by atoms with van der Waals surface area (Å²) in [5.41, 5.74) is 10.6. The first-order valence-corrected chi connectivity index (χ1v) is 14.6. The maximum absolute atomic E-state index is 14.2. The fourth-order valence-electron chi connectivity index (χ4n) is 5.48. The number of thioether (sulfide) groups is 1. The number of phenols is 1. The van der Waals surface area contributed by atoms with Crippen LogP contribution in [0.15, 0.2) is 53.3 Å². The number of rotatable bonds is 8. The fraction of sp³-hybridized carbons (Fsp3) is 0.276. The maximum atomic E-state index is 14.2. The van der Waals surface area contributed by atoms with Crippen molar-refractivity contribution in [3.63, 3.8) is 0 Å². The zero-order chi connectivity index (χ0) is 33.7. The molecule has 2 aromatic carbocycles. The number of nitrogens with two attached hydrogens (primary N) is 2. The van der Waals surface area contributed by atoms with Crippen LogP contribution in [0.4, 0.5) is 10.5 Å². The monoisotopic (exact) mass is 651 g/mol. The Labute approximate surface area is 264 Å². The first-order valence-electron chi connectivity index (χ1n) is 13.8. The molecule has 46 heavy (non-hydrogen) atoms. The smallest absolute Gasteiger partial charge is 0.327 e. The number of carboxylic acids is 1. The summed E-state index contributed by atoms with van der Waals surface area (Å²) in [7, 11) is 0. The van der Waals surface area contributed by atoms with Crippen molar-refractivity contribution in [2.75, 3.05) is 11.9 Å². The Morgan fingerprint density at radius 2 is 1.76 bits per heavy atom. The van der Waals surface area contributed by atoms with Gasteiger partial charge in [-0.2, -0.15) is 0 Å². The summed E-state index contributed by atoms with van der Waals surface area (Å²) < 4.78 is -0.981. The van der Waals surface area contributed by atoms with Crippen LogP contribution in [-0.4, -0.2) is 89.4 Å². The third kappa shape index (κ3) is 5.72. The van der Waals surface area contributed by atoms with Gasteiger partial charge in [0.15, 0.2) is 0 Å². The predicted octanol–water partition coefficient (Wildman–Crippen LogP) is 0.0248. The number of aromatic hydroxyl groups is 1. The normalized spacial score (nSPS) is 20.3. The lowest BCUT2D eigenvalue weighted by Crippen LogP contribution is -2.72.